The van der Waals surface area contributed by atoms with Crippen molar-refractivity contribution >= 4 is 50.2 Å². The number of sulfonamides is 1. The lowest BCUT2D eigenvalue weighted by Crippen LogP contribution is -2.50. The van der Waals surface area contributed by atoms with E-state index in [9.17, 15) is 13.2 Å². The molecule has 6 nitrogen and oxygen atoms in total. The van der Waals surface area contributed by atoms with E-state index in [1.54, 1.807) is 34.4 Å². The highest BCUT2D eigenvalue weighted by Crippen LogP contribution is 2.32. The highest BCUT2D eigenvalue weighted by atomic mass is 35.5. The van der Waals surface area contributed by atoms with Crippen LogP contribution in [0.25, 0.3) is 9.88 Å². The molecule has 0 bridgehead atoms. The largest absolute Gasteiger partial charge is 0.335 e. The van der Waals surface area contributed by atoms with Crippen LogP contribution in [-0.2, 0) is 10.0 Å². The molecule has 1 amide bonds. The third kappa shape index (κ3) is 3.97. The lowest BCUT2D eigenvalue weighted by atomic mass is 10.3. The molecule has 2 aromatic heterocycles. The van der Waals surface area contributed by atoms with Gasteiger partial charge in [0.2, 0.25) is 10.0 Å². The number of benzene rings is 1. The van der Waals surface area contributed by atoms with Gasteiger partial charge in [0.05, 0.1) is 15.6 Å². The third-order valence-corrected chi connectivity index (χ3v) is 9.29. The second-order valence-electron chi connectivity index (χ2n) is 6.54. The predicted octanol–water partition coefficient (Wildman–Crippen LogP) is 3.98. The number of thiophene rings is 1. The first-order valence-electron chi connectivity index (χ1n) is 8.93. The first-order chi connectivity index (χ1) is 13.9. The van der Waals surface area contributed by atoms with Gasteiger partial charge in [-0.25, -0.2) is 13.4 Å². The van der Waals surface area contributed by atoms with Crippen LogP contribution < -0.4 is 0 Å². The standard InChI is InChI=1S/C19H18ClN3O3S3/c1-13-17(28-18(21-13)15-6-4-12-27-15)19(24)22-8-10-23(11-9-22)29(25,26)16-7-3-2-5-14(16)20/h2-7,12H,8-11H2,1H3. The van der Waals surface area contributed by atoms with Gasteiger partial charge in [-0.05, 0) is 30.5 Å². The molecule has 1 aromatic carbocycles. The molecule has 29 heavy (non-hydrogen) atoms. The Kier molecular flexibility index (Phi) is 5.76. The normalized spacial score (nSPS) is 15.6. The van der Waals surface area contributed by atoms with E-state index in [0.29, 0.717) is 23.7 Å². The van der Waals surface area contributed by atoms with Gasteiger partial charge in [0.1, 0.15) is 14.8 Å². The number of aromatic nitrogens is 1. The van der Waals surface area contributed by atoms with Crippen molar-refractivity contribution in [2.75, 3.05) is 26.2 Å². The lowest BCUT2D eigenvalue weighted by Gasteiger charge is -2.34. The number of rotatable bonds is 4. The van der Waals surface area contributed by atoms with Crippen LogP contribution in [0.1, 0.15) is 15.4 Å². The molecular formula is C19H18ClN3O3S3. The molecule has 3 heterocycles. The van der Waals surface area contributed by atoms with Gasteiger partial charge < -0.3 is 4.90 Å². The summed E-state index contributed by atoms with van der Waals surface area (Å²) in [6.45, 7) is 2.95. The summed E-state index contributed by atoms with van der Waals surface area (Å²) in [5.74, 6) is -0.0994. The molecule has 0 saturated carbocycles. The number of aryl methyl sites for hydroxylation is 1. The SMILES string of the molecule is Cc1nc(-c2cccs2)sc1C(=O)N1CCN(S(=O)(=O)c2ccccc2Cl)CC1. The average Bonchev–Trinajstić information content (AvgIpc) is 3.37. The zero-order chi connectivity index (χ0) is 20.6. The van der Waals surface area contributed by atoms with Gasteiger partial charge in [-0.3, -0.25) is 4.79 Å². The Morgan fingerprint density at radius 1 is 1.10 bits per heavy atom. The summed E-state index contributed by atoms with van der Waals surface area (Å²) in [6, 6.07) is 10.3. The number of carbonyl (C=O) groups excluding carboxylic acids is 1. The number of halogens is 1. The van der Waals surface area contributed by atoms with Gasteiger partial charge in [-0.2, -0.15) is 4.31 Å². The third-order valence-electron chi connectivity index (χ3n) is 4.70. The number of carbonyl (C=O) groups is 1. The smallest absolute Gasteiger partial charge is 0.265 e. The Morgan fingerprint density at radius 3 is 2.48 bits per heavy atom. The van der Waals surface area contributed by atoms with E-state index in [1.165, 1.54) is 21.7 Å². The molecule has 1 aliphatic heterocycles. The van der Waals surface area contributed by atoms with Crippen molar-refractivity contribution in [1.82, 2.24) is 14.2 Å². The van der Waals surface area contributed by atoms with E-state index in [2.05, 4.69) is 4.98 Å². The van der Waals surface area contributed by atoms with Crippen LogP contribution in [-0.4, -0.2) is 54.7 Å². The fourth-order valence-corrected chi connectivity index (χ4v) is 6.92. The Labute approximate surface area is 182 Å². The fourth-order valence-electron chi connectivity index (χ4n) is 3.17. The first-order valence-corrected chi connectivity index (χ1v) is 12.4. The average molecular weight is 468 g/mol. The zero-order valence-electron chi connectivity index (χ0n) is 15.5. The number of piperazine rings is 1. The molecule has 0 N–H and O–H groups in total. The molecule has 1 saturated heterocycles. The zero-order valence-corrected chi connectivity index (χ0v) is 18.7. The summed E-state index contributed by atoms with van der Waals surface area (Å²) in [6.07, 6.45) is 0. The summed E-state index contributed by atoms with van der Waals surface area (Å²) in [5, 5.41) is 3.01. The minimum atomic E-state index is -3.69. The maximum Gasteiger partial charge on any atom is 0.265 e. The Bertz CT molecular complexity index is 1130. The van der Waals surface area contributed by atoms with Crippen molar-refractivity contribution in [2.45, 2.75) is 11.8 Å². The summed E-state index contributed by atoms with van der Waals surface area (Å²) in [5.41, 5.74) is 0.703. The number of hydrogen-bond donors (Lipinski definition) is 0. The van der Waals surface area contributed by atoms with E-state index in [-0.39, 0.29) is 28.9 Å². The molecule has 4 rings (SSSR count). The number of hydrogen-bond acceptors (Lipinski definition) is 6. The van der Waals surface area contributed by atoms with E-state index in [0.717, 1.165) is 9.88 Å². The summed E-state index contributed by atoms with van der Waals surface area (Å²) < 4.78 is 27.1. The number of nitrogens with zero attached hydrogens (tertiary/aromatic N) is 3. The first kappa shape index (κ1) is 20.5. The molecule has 0 unspecified atom stereocenters. The quantitative estimate of drug-likeness (QED) is 0.581. The van der Waals surface area contributed by atoms with Crippen LogP contribution in [0.5, 0.6) is 0 Å². The topological polar surface area (TPSA) is 70.6 Å². The van der Waals surface area contributed by atoms with Gasteiger partial charge in [0.25, 0.3) is 5.91 Å². The van der Waals surface area contributed by atoms with Gasteiger partial charge >= 0.3 is 0 Å². The molecule has 10 heteroatoms. The molecule has 0 aliphatic carbocycles. The second kappa shape index (κ2) is 8.16. The van der Waals surface area contributed by atoms with E-state index in [1.807, 2.05) is 24.4 Å². The monoisotopic (exact) mass is 467 g/mol. The lowest BCUT2D eigenvalue weighted by molar-refractivity contribution is 0.0702. The Morgan fingerprint density at radius 2 is 1.83 bits per heavy atom. The van der Waals surface area contributed by atoms with Crippen LogP contribution in [0.15, 0.2) is 46.7 Å². The Hall–Kier alpha value is -1.78. The molecule has 0 spiro atoms. The molecule has 3 aromatic rings. The van der Waals surface area contributed by atoms with Crippen LogP contribution in [0.4, 0.5) is 0 Å². The van der Waals surface area contributed by atoms with E-state index in [4.69, 9.17) is 11.6 Å². The molecule has 0 radical (unpaired) electrons. The predicted molar refractivity (Wildman–Crippen MR) is 116 cm³/mol. The van der Waals surface area contributed by atoms with E-state index < -0.39 is 10.0 Å². The maximum absolute atomic E-state index is 13.0. The molecule has 0 atom stereocenters. The van der Waals surface area contributed by atoms with Crippen LogP contribution >= 0.6 is 34.3 Å². The minimum Gasteiger partial charge on any atom is -0.335 e. The van der Waals surface area contributed by atoms with Crippen LogP contribution in [0, 0.1) is 6.92 Å². The van der Waals surface area contributed by atoms with Crippen molar-refractivity contribution in [3.8, 4) is 9.88 Å². The fraction of sp³-hybridized carbons (Fsp3) is 0.263. The highest BCUT2D eigenvalue weighted by Gasteiger charge is 2.32. The Balaban J connectivity index is 1.48. The van der Waals surface area contributed by atoms with Gasteiger partial charge in [-0.1, -0.05) is 29.8 Å². The van der Waals surface area contributed by atoms with Crippen molar-refractivity contribution in [3.05, 3.63) is 57.4 Å². The van der Waals surface area contributed by atoms with Crippen molar-refractivity contribution in [1.29, 1.82) is 0 Å². The molecule has 152 valence electrons. The maximum atomic E-state index is 13.0. The minimum absolute atomic E-state index is 0.0975. The van der Waals surface area contributed by atoms with Crippen molar-refractivity contribution in [3.63, 3.8) is 0 Å². The number of amides is 1. The van der Waals surface area contributed by atoms with Crippen LogP contribution in [0.2, 0.25) is 5.02 Å². The van der Waals surface area contributed by atoms with Crippen LogP contribution in [0.3, 0.4) is 0 Å². The number of thiazole rings is 1. The van der Waals surface area contributed by atoms with Crippen molar-refractivity contribution in [2.24, 2.45) is 0 Å². The molecule has 1 aliphatic rings. The van der Waals surface area contributed by atoms with Gasteiger partial charge in [-0.15, -0.1) is 22.7 Å². The second-order valence-corrected chi connectivity index (χ2v) is 10.8. The van der Waals surface area contributed by atoms with Gasteiger partial charge in [0, 0.05) is 26.2 Å². The summed E-state index contributed by atoms with van der Waals surface area (Å²) in [7, 11) is -3.69. The summed E-state index contributed by atoms with van der Waals surface area (Å²) in [4.78, 5) is 21.0. The van der Waals surface area contributed by atoms with E-state index >= 15 is 0 Å². The van der Waals surface area contributed by atoms with Gasteiger partial charge in [0.15, 0.2) is 0 Å². The molecule has 1 fully saturated rings. The highest BCUT2D eigenvalue weighted by molar-refractivity contribution is 7.89. The van der Waals surface area contributed by atoms with Crippen molar-refractivity contribution < 1.29 is 13.2 Å². The summed E-state index contributed by atoms with van der Waals surface area (Å²) >= 11 is 9.04. The molecular weight excluding hydrogens is 450 g/mol.